The second-order valence-electron chi connectivity index (χ2n) is 6.46. The smallest absolute Gasteiger partial charge is 0.204 e. The molecule has 1 aliphatic rings. The van der Waals surface area contributed by atoms with E-state index >= 15 is 0 Å². The molecule has 1 atom stereocenters. The molecule has 0 aliphatic carbocycles. The van der Waals surface area contributed by atoms with Gasteiger partial charge in [-0.25, -0.2) is 4.39 Å². The lowest BCUT2D eigenvalue weighted by molar-refractivity contribution is -0.0374. The Labute approximate surface area is 166 Å². The molecule has 1 N–H and O–H groups in total. The molecule has 2 heterocycles. The van der Waals surface area contributed by atoms with Crippen molar-refractivity contribution in [2.24, 2.45) is 0 Å². The number of nitrogens with zero attached hydrogens (tertiary/aromatic N) is 4. The van der Waals surface area contributed by atoms with Gasteiger partial charge in [0.05, 0.1) is 11.6 Å². The van der Waals surface area contributed by atoms with Gasteiger partial charge in [-0.05, 0) is 18.2 Å². The third-order valence-corrected chi connectivity index (χ3v) is 4.95. The van der Waals surface area contributed by atoms with Crippen LogP contribution in [-0.2, 0) is 17.9 Å². The lowest BCUT2D eigenvalue weighted by Crippen LogP contribution is -2.38. The van der Waals surface area contributed by atoms with E-state index in [0.29, 0.717) is 41.9 Å². The first-order valence-corrected chi connectivity index (χ1v) is 9.29. The minimum atomic E-state index is -0.374. The fraction of sp³-hybridized carbons (Fsp3) is 0.316. The van der Waals surface area contributed by atoms with E-state index in [0.717, 1.165) is 12.1 Å². The van der Waals surface area contributed by atoms with Crippen LogP contribution < -0.4 is 4.74 Å². The fourth-order valence-electron chi connectivity index (χ4n) is 3.14. The number of halogens is 2. The number of ether oxygens (including phenoxy) is 2. The summed E-state index contributed by atoms with van der Waals surface area (Å²) in [7, 11) is 0. The number of nitrogens with one attached hydrogen (secondary N) is 1. The van der Waals surface area contributed by atoms with Crippen LogP contribution in [0.1, 0.15) is 23.1 Å². The number of para-hydroxylation sites is 1. The predicted molar refractivity (Wildman–Crippen MR) is 100 cm³/mol. The van der Waals surface area contributed by atoms with E-state index in [1.165, 1.54) is 6.07 Å². The zero-order chi connectivity index (χ0) is 19.3. The highest BCUT2D eigenvalue weighted by molar-refractivity contribution is 6.31. The highest BCUT2D eigenvalue weighted by atomic mass is 35.5. The van der Waals surface area contributed by atoms with Gasteiger partial charge in [-0.2, -0.15) is 5.21 Å². The minimum absolute atomic E-state index is 0.0666. The molecule has 7 nitrogen and oxygen atoms in total. The van der Waals surface area contributed by atoms with Crippen molar-refractivity contribution in [1.82, 2.24) is 25.5 Å². The maximum absolute atomic E-state index is 14.0. The highest BCUT2D eigenvalue weighted by Crippen LogP contribution is 2.26. The van der Waals surface area contributed by atoms with Crippen molar-refractivity contribution in [3.63, 3.8) is 0 Å². The van der Waals surface area contributed by atoms with Crippen LogP contribution >= 0.6 is 11.6 Å². The van der Waals surface area contributed by atoms with Gasteiger partial charge in [0.1, 0.15) is 24.3 Å². The summed E-state index contributed by atoms with van der Waals surface area (Å²) in [5.74, 6) is 0.869. The average molecular weight is 404 g/mol. The number of tetrazole rings is 1. The number of aromatic nitrogens is 4. The highest BCUT2D eigenvalue weighted by Gasteiger charge is 2.25. The number of aromatic amines is 1. The van der Waals surface area contributed by atoms with Gasteiger partial charge in [-0.15, -0.1) is 10.2 Å². The Hall–Kier alpha value is -2.55. The number of hydrogen-bond donors (Lipinski definition) is 1. The van der Waals surface area contributed by atoms with E-state index in [4.69, 9.17) is 21.1 Å². The average Bonchev–Trinajstić information content (AvgIpc) is 3.24. The maximum Gasteiger partial charge on any atom is 0.204 e. The number of hydrogen-bond acceptors (Lipinski definition) is 6. The number of benzene rings is 2. The van der Waals surface area contributed by atoms with Crippen LogP contribution in [0, 0.1) is 5.82 Å². The second-order valence-corrected chi connectivity index (χ2v) is 6.87. The van der Waals surface area contributed by atoms with Crippen molar-refractivity contribution >= 4 is 11.6 Å². The normalized spacial score (nSPS) is 17.6. The summed E-state index contributed by atoms with van der Waals surface area (Å²) in [5.41, 5.74) is 1.35. The van der Waals surface area contributed by atoms with E-state index < -0.39 is 0 Å². The maximum atomic E-state index is 14.0. The van der Waals surface area contributed by atoms with Crippen LogP contribution in [0.2, 0.25) is 5.02 Å². The third kappa shape index (κ3) is 4.30. The Morgan fingerprint density at radius 2 is 2.14 bits per heavy atom. The van der Waals surface area contributed by atoms with E-state index in [1.807, 2.05) is 24.3 Å². The molecule has 28 heavy (non-hydrogen) atoms. The van der Waals surface area contributed by atoms with Gasteiger partial charge in [0.2, 0.25) is 5.82 Å². The van der Waals surface area contributed by atoms with Crippen molar-refractivity contribution in [1.29, 1.82) is 0 Å². The molecular weight excluding hydrogens is 385 g/mol. The molecule has 146 valence electrons. The van der Waals surface area contributed by atoms with Crippen LogP contribution in [0.4, 0.5) is 4.39 Å². The summed E-state index contributed by atoms with van der Waals surface area (Å²) < 4.78 is 25.6. The van der Waals surface area contributed by atoms with E-state index in [2.05, 4.69) is 25.5 Å². The van der Waals surface area contributed by atoms with Crippen LogP contribution in [-0.4, -0.2) is 45.2 Å². The summed E-state index contributed by atoms with van der Waals surface area (Å²) in [4.78, 5) is 2.24. The van der Waals surface area contributed by atoms with E-state index in [1.54, 1.807) is 12.1 Å². The van der Waals surface area contributed by atoms with E-state index in [-0.39, 0.29) is 18.5 Å². The van der Waals surface area contributed by atoms with Gasteiger partial charge in [0.25, 0.3) is 0 Å². The summed E-state index contributed by atoms with van der Waals surface area (Å²) in [6.07, 6.45) is -0.224. The molecule has 0 radical (unpaired) electrons. The first kappa shape index (κ1) is 18.8. The Kier molecular flexibility index (Phi) is 5.80. The summed E-state index contributed by atoms with van der Waals surface area (Å²) >= 11 is 6.09. The van der Waals surface area contributed by atoms with Crippen LogP contribution in [0.5, 0.6) is 5.75 Å². The first-order chi connectivity index (χ1) is 13.7. The Bertz CT molecular complexity index is 904. The van der Waals surface area contributed by atoms with Gasteiger partial charge in [-0.1, -0.05) is 41.1 Å². The number of H-pyrrole nitrogens is 1. The minimum Gasteiger partial charge on any atom is -0.488 e. The lowest BCUT2D eigenvalue weighted by atomic mass is 10.1. The molecule has 4 rings (SSSR count). The van der Waals surface area contributed by atoms with Gasteiger partial charge >= 0.3 is 0 Å². The topological polar surface area (TPSA) is 76.2 Å². The molecule has 9 heteroatoms. The molecule has 2 aromatic carbocycles. The monoisotopic (exact) mass is 403 g/mol. The quantitative estimate of drug-likeness (QED) is 0.681. The molecular formula is C19H19ClFN5O2. The number of rotatable bonds is 6. The largest absolute Gasteiger partial charge is 0.488 e. The molecule has 1 fully saturated rings. The Morgan fingerprint density at radius 3 is 2.96 bits per heavy atom. The van der Waals surface area contributed by atoms with Crippen molar-refractivity contribution in [2.75, 3.05) is 19.7 Å². The summed E-state index contributed by atoms with van der Waals surface area (Å²) in [5, 5.41) is 14.4. The second kappa shape index (κ2) is 8.64. The first-order valence-electron chi connectivity index (χ1n) is 8.91. The summed E-state index contributed by atoms with van der Waals surface area (Å²) in [6.45, 7) is 2.73. The van der Waals surface area contributed by atoms with Crippen molar-refractivity contribution in [3.05, 3.63) is 70.3 Å². The SMILES string of the molecule is Fc1cccc(Cl)c1COc1ccccc1CN1CCOC(c2nn[nH]n2)C1. The molecule has 0 bridgehead atoms. The van der Waals surface area contributed by atoms with Gasteiger partial charge in [0, 0.05) is 30.8 Å². The number of morpholine rings is 1. The van der Waals surface area contributed by atoms with Crippen molar-refractivity contribution in [3.8, 4) is 5.75 Å². The zero-order valence-electron chi connectivity index (χ0n) is 15.0. The molecule has 0 spiro atoms. The molecule has 1 unspecified atom stereocenters. The standard InChI is InChI=1S/C19H19ClFN5O2/c20-15-5-3-6-16(21)14(15)12-28-17-7-2-1-4-13(17)10-26-8-9-27-18(11-26)19-22-24-25-23-19/h1-7,18H,8-12H2,(H,22,23,24,25). The van der Waals surface area contributed by atoms with Gasteiger partial charge in [-0.3, -0.25) is 4.90 Å². The predicted octanol–water partition coefficient (Wildman–Crippen LogP) is 3.14. The molecule has 1 saturated heterocycles. The van der Waals surface area contributed by atoms with Gasteiger partial charge < -0.3 is 9.47 Å². The van der Waals surface area contributed by atoms with Gasteiger partial charge in [0.15, 0.2) is 0 Å². The van der Waals surface area contributed by atoms with Crippen molar-refractivity contribution in [2.45, 2.75) is 19.3 Å². The molecule has 1 aliphatic heterocycles. The lowest BCUT2D eigenvalue weighted by Gasteiger charge is -2.31. The Balaban J connectivity index is 1.44. The molecule has 1 aromatic heterocycles. The van der Waals surface area contributed by atoms with Crippen LogP contribution in [0.15, 0.2) is 42.5 Å². The zero-order valence-corrected chi connectivity index (χ0v) is 15.8. The Morgan fingerprint density at radius 1 is 1.25 bits per heavy atom. The van der Waals surface area contributed by atoms with Crippen LogP contribution in [0.3, 0.4) is 0 Å². The molecule has 0 amide bonds. The fourth-order valence-corrected chi connectivity index (χ4v) is 3.36. The van der Waals surface area contributed by atoms with E-state index in [9.17, 15) is 4.39 Å². The molecule has 0 saturated carbocycles. The summed E-state index contributed by atoms with van der Waals surface area (Å²) in [6, 6.07) is 12.3. The van der Waals surface area contributed by atoms with Crippen LogP contribution in [0.25, 0.3) is 0 Å². The van der Waals surface area contributed by atoms with Crippen molar-refractivity contribution < 1.29 is 13.9 Å². The third-order valence-electron chi connectivity index (χ3n) is 4.60. The molecule has 3 aromatic rings.